The molecule has 1 aliphatic carbocycles. The zero-order valence-electron chi connectivity index (χ0n) is 14.1. The molecule has 4 N–H and O–H groups in total. The van der Waals surface area contributed by atoms with Gasteiger partial charge in [-0.3, -0.25) is 10.2 Å². The molecule has 0 aromatic carbocycles. The predicted octanol–water partition coefficient (Wildman–Crippen LogP) is 2.84. The molecular weight excluding hydrogens is 333 g/mol. The van der Waals surface area contributed by atoms with Crippen LogP contribution in [0.4, 0.5) is 13.2 Å². The molecule has 0 saturated carbocycles. The summed E-state index contributed by atoms with van der Waals surface area (Å²) in [7, 11) is 0. The van der Waals surface area contributed by atoms with Crippen LogP contribution in [0.15, 0.2) is 29.9 Å². The van der Waals surface area contributed by atoms with Crippen LogP contribution < -0.4 is 11.1 Å². The van der Waals surface area contributed by atoms with Crippen molar-refractivity contribution in [3.8, 4) is 0 Å². The first kappa shape index (κ1) is 18.8. The largest absolute Gasteiger partial charge is 0.406 e. The molecule has 1 atom stereocenters. The zero-order chi connectivity index (χ0) is 18.8. The number of hydrogen-bond acceptors (Lipinski definition) is 2. The minimum absolute atomic E-state index is 0.0905. The van der Waals surface area contributed by atoms with E-state index in [-0.39, 0.29) is 29.6 Å². The first-order valence-electron chi connectivity index (χ1n) is 7.81. The lowest BCUT2D eigenvalue weighted by Crippen LogP contribution is -2.27. The molecule has 1 unspecified atom stereocenters. The summed E-state index contributed by atoms with van der Waals surface area (Å²) in [4.78, 5) is 12.3. The van der Waals surface area contributed by atoms with Crippen LogP contribution in [0.25, 0.3) is 0 Å². The fourth-order valence-electron chi connectivity index (χ4n) is 2.76. The van der Waals surface area contributed by atoms with Crippen molar-refractivity contribution in [1.29, 1.82) is 5.41 Å². The summed E-state index contributed by atoms with van der Waals surface area (Å²) < 4.78 is 39.0. The number of nitrogens with zero attached hydrogens (tertiary/aromatic N) is 1. The SMILES string of the molecule is Cc1cc(C(=O)NCC2=CCC(C(=N)N)C=C2)c(C)n1CC(F)(F)F. The number of alkyl halides is 3. The van der Waals surface area contributed by atoms with E-state index < -0.39 is 18.6 Å². The van der Waals surface area contributed by atoms with Gasteiger partial charge in [-0.1, -0.05) is 18.2 Å². The Balaban J connectivity index is 2.02. The van der Waals surface area contributed by atoms with E-state index in [1.165, 1.54) is 13.0 Å². The Morgan fingerprint density at radius 3 is 2.64 bits per heavy atom. The Hall–Kier alpha value is -2.51. The third-order valence-corrected chi connectivity index (χ3v) is 4.18. The number of rotatable bonds is 5. The molecule has 1 amide bonds. The fraction of sp³-hybridized carbons (Fsp3) is 0.412. The minimum Gasteiger partial charge on any atom is -0.387 e. The van der Waals surface area contributed by atoms with Crippen LogP contribution in [-0.4, -0.2) is 29.0 Å². The molecule has 1 aromatic heterocycles. The lowest BCUT2D eigenvalue weighted by Gasteiger charge is -2.15. The van der Waals surface area contributed by atoms with Crippen molar-refractivity contribution in [1.82, 2.24) is 9.88 Å². The molecule has 1 aliphatic rings. The maximum absolute atomic E-state index is 12.6. The Morgan fingerprint density at radius 1 is 1.44 bits per heavy atom. The van der Waals surface area contributed by atoms with E-state index in [0.717, 1.165) is 10.1 Å². The maximum Gasteiger partial charge on any atom is 0.406 e. The second-order valence-electron chi connectivity index (χ2n) is 6.10. The quantitative estimate of drug-likeness (QED) is 0.561. The number of halogens is 3. The summed E-state index contributed by atoms with van der Waals surface area (Å²) in [6.45, 7) is 2.20. The molecule has 5 nitrogen and oxygen atoms in total. The topological polar surface area (TPSA) is 83.9 Å². The molecule has 0 saturated heterocycles. The number of nitrogens with one attached hydrogen (secondary N) is 2. The Labute approximate surface area is 143 Å². The number of hydrogen-bond donors (Lipinski definition) is 3. The number of carbonyl (C=O) groups is 1. The Morgan fingerprint density at radius 2 is 2.12 bits per heavy atom. The highest BCUT2D eigenvalue weighted by Gasteiger charge is 2.30. The van der Waals surface area contributed by atoms with Gasteiger partial charge in [0.25, 0.3) is 5.91 Å². The number of amidine groups is 1. The van der Waals surface area contributed by atoms with Gasteiger partial charge in [0.2, 0.25) is 0 Å². The molecule has 0 radical (unpaired) electrons. The van der Waals surface area contributed by atoms with Gasteiger partial charge in [-0.05, 0) is 31.9 Å². The van der Waals surface area contributed by atoms with Crippen LogP contribution in [0.5, 0.6) is 0 Å². The highest BCUT2D eigenvalue weighted by atomic mass is 19.4. The van der Waals surface area contributed by atoms with Crippen LogP contribution in [0.2, 0.25) is 0 Å². The van der Waals surface area contributed by atoms with Gasteiger partial charge in [0.1, 0.15) is 6.54 Å². The molecular formula is C17H21F3N4O. The highest BCUT2D eigenvalue weighted by Crippen LogP contribution is 2.23. The van der Waals surface area contributed by atoms with E-state index in [1.807, 2.05) is 6.08 Å². The van der Waals surface area contributed by atoms with Crippen LogP contribution in [-0.2, 0) is 6.54 Å². The van der Waals surface area contributed by atoms with E-state index in [9.17, 15) is 18.0 Å². The lowest BCUT2D eigenvalue weighted by molar-refractivity contribution is -0.141. The normalized spacial score (nSPS) is 17.3. The first-order valence-corrected chi connectivity index (χ1v) is 7.81. The summed E-state index contributed by atoms with van der Waals surface area (Å²) in [6, 6.07) is 1.47. The average Bonchev–Trinajstić information content (AvgIpc) is 2.79. The van der Waals surface area contributed by atoms with E-state index in [4.69, 9.17) is 11.1 Å². The molecule has 8 heteroatoms. The second-order valence-corrected chi connectivity index (χ2v) is 6.10. The standard InChI is InChI=1S/C17H21F3N4O/c1-10-7-14(11(2)24(10)9-17(18,19)20)16(25)23-8-12-3-5-13(6-4-12)15(21)22/h3-5,7,13H,6,8-9H2,1-2H3,(H3,21,22)(H,23,25). The van der Waals surface area contributed by atoms with Crippen LogP contribution in [0, 0.1) is 25.2 Å². The van der Waals surface area contributed by atoms with E-state index in [2.05, 4.69) is 5.32 Å². The number of nitrogens with two attached hydrogens (primary N) is 1. The van der Waals surface area contributed by atoms with Gasteiger partial charge in [0, 0.05) is 23.9 Å². The molecule has 1 heterocycles. The van der Waals surface area contributed by atoms with Crippen molar-refractivity contribution in [2.24, 2.45) is 11.7 Å². The third kappa shape index (κ3) is 4.74. The number of aryl methyl sites for hydroxylation is 1. The Kier molecular flexibility index (Phi) is 5.39. The van der Waals surface area contributed by atoms with Gasteiger partial charge >= 0.3 is 6.18 Å². The molecule has 1 aromatic rings. The second kappa shape index (κ2) is 7.16. The monoisotopic (exact) mass is 354 g/mol. The smallest absolute Gasteiger partial charge is 0.387 e. The van der Waals surface area contributed by atoms with Crippen molar-refractivity contribution >= 4 is 11.7 Å². The molecule has 0 aliphatic heterocycles. The maximum atomic E-state index is 12.6. The zero-order valence-corrected chi connectivity index (χ0v) is 14.1. The van der Waals surface area contributed by atoms with E-state index in [1.54, 1.807) is 19.1 Å². The lowest BCUT2D eigenvalue weighted by atomic mass is 9.96. The first-order chi connectivity index (χ1) is 11.6. The fourth-order valence-corrected chi connectivity index (χ4v) is 2.76. The van der Waals surface area contributed by atoms with Crippen molar-refractivity contribution in [3.05, 3.63) is 46.8 Å². The van der Waals surface area contributed by atoms with Crippen molar-refractivity contribution in [2.75, 3.05) is 6.54 Å². The van der Waals surface area contributed by atoms with E-state index in [0.29, 0.717) is 12.1 Å². The van der Waals surface area contributed by atoms with Gasteiger partial charge in [-0.15, -0.1) is 0 Å². The molecule has 136 valence electrons. The summed E-state index contributed by atoms with van der Waals surface area (Å²) >= 11 is 0. The number of amides is 1. The summed E-state index contributed by atoms with van der Waals surface area (Å²) in [5.41, 5.74) is 7.23. The number of allylic oxidation sites excluding steroid dienone is 1. The predicted molar refractivity (Wildman–Crippen MR) is 89.5 cm³/mol. The summed E-state index contributed by atoms with van der Waals surface area (Å²) in [5, 5.41) is 10.1. The van der Waals surface area contributed by atoms with Crippen LogP contribution in [0.1, 0.15) is 28.2 Å². The van der Waals surface area contributed by atoms with Gasteiger partial charge in [0.15, 0.2) is 0 Å². The van der Waals surface area contributed by atoms with Gasteiger partial charge in [-0.2, -0.15) is 13.2 Å². The van der Waals surface area contributed by atoms with Crippen LogP contribution in [0.3, 0.4) is 0 Å². The van der Waals surface area contributed by atoms with Crippen LogP contribution >= 0.6 is 0 Å². The molecule has 0 bridgehead atoms. The van der Waals surface area contributed by atoms with Crippen molar-refractivity contribution in [2.45, 2.75) is 33.0 Å². The van der Waals surface area contributed by atoms with Crippen molar-refractivity contribution < 1.29 is 18.0 Å². The van der Waals surface area contributed by atoms with Crippen molar-refractivity contribution in [3.63, 3.8) is 0 Å². The molecule has 0 fully saturated rings. The highest BCUT2D eigenvalue weighted by molar-refractivity contribution is 5.95. The Bertz CT molecular complexity index is 744. The number of carbonyl (C=O) groups excluding carboxylic acids is 1. The van der Waals surface area contributed by atoms with Gasteiger partial charge < -0.3 is 15.6 Å². The van der Waals surface area contributed by atoms with E-state index >= 15 is 0 Å². The summed E-state index contributed by atoms with van der Waals surface area (Å²) in [5.74, 6) is -0.446. The minimum atomic E-state index is -4.34. The summed E-state index contributed by atoms with van der Waals surface area (Å²) in [6.07, 6.45) is 1.74. The molecule has 2 rings (SSSR count). The molecule has 25 heavy (non-hydrogen) atoms. The average molecular weight is 354 g/mol. The number of aromatic nitrogens is 1. The van der Waals surface area contributed by atoms with Gasteiger partial charge in [0.05, 0.1) is 11.4 Å². The van der Waals surface area contributed by atoms with Gasteiger partial charge in [-0.25, -0.2) is 0 Å². The molecule has 0 spiro atoms. The third-order valence-electron chi connectivity index (χ3n) is 4.18.